The van der Waals surface area contributed by atoms with E-state index in [9.17, 15) is 4.79 Å². The van der Waals surface area contributed by atoms with Crippen LogP contribution in [0, 0.1) is 6.92 Å². The SMILES string of the molecule is C=CCN(CCO)C(=O)c1n[nH]c(C)c1N. The highest BCUT2D eigenvalue weighted by atomic mass is 16.3. The highest BCUT2D eigenvalue weighted by Crippen LogP contribution is 2.14. The molecule has 0 saturated carbocycles. The Labute approximate surface area is 93.7 Å². The second-order valence-corrected chi connectivity index (χ2v) is 3.37. The molecule has 1 rings (SSSR count). The second kappa shape index (κ2) is 5.32. The Kier molecular flexibility index (Phi) is 4.07. The van der Waals surface area contributed by atoms with E-state index in [-0.39, 0.29) is 24.8 Å². The first-order valence-electron chi connectivity index (χ1n) is 4.93. The number of amides is 1. The molecule has 1 aromatic heterocycles. The molecule has 1 aromatic rings. The zero-order chi connectivity index (χ0) is 12.1. The number of nitrogens with one attached hydrogen (secondary N) is 1. The summed E-state index contributed by atoms with van der Waals surface area (Å²) < 4.78 is 0. The van der Waals surface area contributed by atoms with Crippen molar-refractivity contribution in [3.63, 3.8) is 0 Å². The zero-order valence-electron chi connectivity index (χ0n) is 9.23. The Morgan fingerprint density at radius 2 is 2.44 bits per heavy atom. The first kappa shape index (κ1) is 12.3. The number of nitrogen functional groups attached to an aromatic ring is 1. The summed E-state index contributed by atoms with van der Waals surface area (Å²) in [6, 6.07) is 0. The minimum Gasteiger partial charge on any atom is -0.395 e. The van der Waals surface area contributed by atoms with Crippen LogP contribution in [0.4, 0.5) is 5.69 Å². The van der Waals surface area contributed by atoms with Crippen molar-refractivity contribution < 1.29 is 9.90 Å². The molecule has 6 nitrogen and oxygen atoms in total. The molecule has 0 aliphatic heterocycles. The number of nitrogens with zero attached hydrogens (tertiary/aromatic N) is 2. The molecule has 0 aliphatic carbocycles. The van der Waals surface area contributed by atoms with Crippen LogP contribution >= 0.6 is 0 Å². The molecule has 88 valence electrons. The highest BCUT2D eigenvalue weighted by Gasteiger charge is 2.20. The number of aliphatic hydroxyl groups is 1. The average Bonchev–Trinajstić information content (AvgIpc) is 2.59. The van der Waals surface area contributed by atoms with Crippen molar-refractivity contribution in [3.8, 4) is 0 Å². The summed E-state index contributed by atoms with van der Waals surface area (Å²) in [4.78, 5) is 13.4. The van der Waals surface area contributed by atoms with Gasteiger partial charge in [-0.25, -0.2) is 0 Å². The number of carbonyl (C=O) groups excluding carboxylic acids is 1. The third-order valence-electron chi connectivity index (χ3n) is 2.20. The molecule has 0 unspecified atom stereocenters. The van der Waals surface area contributed by atoms with Crippen LogP contribution in [0.5, 0.6) is 0 Å². The van der Waals surface area contributed by atoms with Gasteiger partial charge in [-0.05, 0) is 6.92 Å². The van der Waals surface area contributed by atoms with Gasteiger partial charge in [0.2, 0.25) is 0 Å². The van der Waals surface area contributed by atoms with Crippen molar-refractivity contribution in [3.05, 3.63) is 24.0 Å². The van der Waals surface area contributed by atoms with E-state index in [1.165, 1.54) is 4.90 Å². The topological polar surface area (TPSA) is 95.2 Å². The summed E-state index contributed by atoms with van der Waals surface area (Å²) in [6.07, 6.45) is 1.59. The minimum absolute atomic E-state index is 0.108. The van der Waals surface area contributed by atoms with E-state index in [0.29, 0.717) is 17.9 Å². The fourth-order valence-electron chi connectivity index (χ4n) is 1.30. The fraction of sp³-hybridized carbons (Fsp3) is 0.400. The summed E-state index contributed by atoms with van der Waals surface area (Å²) in [5.41, 5.74) is 6.89. The Morgan fingerprint density at radius 1 is 1.75 bits per heavy atom. The van der Waals surface area contributed by atoms with E-state index in [0.717, 1.165) is 0 Å². The standard InChI is InChI=1S/C10H16N4O2/c1-3-4-14(5-6-15)10(16)9-8(11)7(2)12-13-9/h3,15H,1,4-6,11H2,2H3,(H,12,13). The number of aliphatic hydroxyl groups excluding tert-OH is 1. The molecule has 0 aromatic carbocycles. The lowest BCUT2D eigenvalue weighted by atomic mass is 10.2. The van der Waals surface area contributed by atoms with Gasteiger partial charge in [-0.15, -0.1) is 6.58 Å². The summed E-state index contributed by atoms with van der Waals surface area (Å²) >= 11 is 0. The molecule has 0 atom stereocenters. The number of H-pyrrole nitrogens is 1. The molecule has 0 radical (unpaired) electrons. The van der Waals surface area contributed by atoms with Crippen molar-refractivity contribution in [2.75, 3.05) is 25.4 Å². The zero-order valence-corrected chi connectivity index (χ0v) is 9.23. The molecule has 0 aliphatic rings. The molecule has 0 bridgehead atoms. The Morgan fingerprint density at radius 3 is 2.88 bits per heavy atom. The van der Waals surface area contributed by atoms with Gasteiger partial charge in [-0.1, -0.05) is 6.08 Å². The highest BCUT2D eigenvalue weighted by molar-refractivity contribution is 5.97. The molecule has 1 heterocycles. The van der Waals surface area contributed by atoms with Gasteiger partial charge in [0.1, 0.15) is 0 Å². The van der Waals surface area contributed by atoms with Gasteiger partial charge in [0.15, 0.2) is 5.69 Å². The number of carbonyl (C=O) groups is 1. The summed E-state index contributed by atoms with van der Waals surface area (Å²) in [7, 11) is 0. The molecular formula is C10H16N4O2. The van der Waals surface area contributed by atoms with Crippen LogP contribution in [-0.4, -0.2) is 45.8 Å². The number of nitrogens with two attached hydrogens (primary N) is 1. The number of rotatable bonds is 5. The third kappa shape index (κ3) is 2.40. The molecule has 0 saturated heterocycles. The van der Waals surface area contributed by atoms with Gasteiger partial charge >= 0.3 is 0 Å². The van der Waals surface area contributed by atoms with Crippen LogP contribution < -0.4 is 5.73 Å². The van der Waals surface area contributed by atoms with E-state index >= 15 is 0 Å². The molecule has 0 fully saturated rings. The van der Waals surface area contributed by atoms with Gasteiger partial charge in [-0.3, -0.25) is 9.89 Å². The molecule has 16 heavy (non-hydrogen) atoms. The van der Waals surface area contributed by atoms with Gasteiger partial charge in [-0.2, -0.15) is 5.10 Å². The Hall–Kier alpha value is -1.82. The van der Waals surface area contributed by atoms with Crippen LogP contribution in [0.3, 0.4) is 0 Å². The van der Waals surface area contributed by atoms with Crippen molar-refractivity contribution in [1.29, 1.82) is 0 Å². The first-order chi connectivity index (χ1) is 7.61. The maximum Gasteiger partial charge on any atom is 0.276 e. The lowest BCUT2D eigenvalue weighted by Gasteiger charge is -2.18. The average molecular weight is 224 g/mol. The predicted octanol–water partition coefficient (Wildman–Crippen LogP) is -0.0792. The number of aryl methyl sites for hydroxylation is 1. The van der Waals surface area contributed by atoms with Gasteiger partial charge in [0.25, 0.3) is 5.91 Å². The van der Waals surface area contributed by atoms with E-state index in [2.05, 4.69) is 16.8 Å². The molecule has 6 heteroatoms. The number of aromatic nitrogens is 2. The van der Waals surface area contributed by atoms with E-state index in [4.69, 9.17) is 10.8 Å². The van der Waals surface area contributed by atoms with E-state index < -0.39 is 0 Å². The molecular weight excluding hydrogens is 208 g/mol. The largest absolute Gasteiger partial charge is 0.395 e. The van der Waals surface area contributed by atoms with Crippen LogP contribution in [0.2, 0.25) is 0 Å². The van der Waals surface area contributed by atoms with E-state index in [1.54, 1.807) is 13.0 Å². The van der Waals surface area contributed by atoms with Crippen molar-refractivity contribution in [2.24, 2.45) is 0 Å². The third-order valence-corrected chi connectivity index (χ3v) is 2.20. The van der Waals surface area contributed by atoms with Crippen LogP contribution in [-0.2, 0) is 0 Å². The summed E-state index contributed by atoms with van der Waals surface area (Å²) in [5, 5.41) is 15.3. The van der Waals surface area contributed by atoms with Gasteiger partial charge in [0.05, 0.1) is 18.0 Å². The van der Waals surface area contributed by atoms with Gasteiger partial charge in [0, 0.05) is 13.1 Å². The summed E-state index contributed by atoms with van der Waals surface area (Å²) in [5.74, 6) is -0.309. The van der Waals surface area contributed by atoms with Crippen LogP contribution in [0.1, 0.15) is 16.2 Å². The smallest absolute Gasteiger partial charge is 0.276 e. The Balaban J connectivity index is 2.89. The van der Waals surface area contributed by atoms with Crippen LogP contribution in [0.25, 0.3) is 0 Å². The predicted molar refractivity (Wildman–Crippen MR) is 60.9 cm³/mol. The number of aromatic amines is 1. The monoisotopic (exact) mass is 224 g/mol. The second-order valence-electron chi connectivity index (χ2n) is 3.37. The lowest BCUT2D eigenvalue weighted by Crippen LogP contribution is -2.34. The quantitative estimate of drug-likeness (QED) is 0.610. The van der Waals surface area contributed by atoms with Crippen molar-refractivity contribution in [2.45, 2.75) is 6.92 Å². The van der Waals surface area contributed by atoms with Crippen LogP contribution in [0.15, 0.2) is 12.7 Å². The lowest BCUT2D eigenvalue weighted by molar-refractivity contribution is 0.0738. The maximum absolute atomic E-state index is 12.0. The minimum atomic E-state index is -0.309. The maximum atomic E-state index is 12.0. The van der Waals surface area contributed by atoms with Crippen molar-refractivity contribution >= 4 is 11.6 Å². The van der Waals surface area contributed by atoms with E-state index in [1.807, 2.05) is 0 Å². The fourth-order valence-corrected chi connectivity index (χ4v) is 1.30. The number of hydrogen-bond donors (Lipinski definition) is 3. The number of anilines is 1. The van der Waals surface area contributed by atoms with Crippen molar-refractivity contribution in [1.82, 2.24) is 15.1 Å². The normalized spacial score (nSPS) is 10.1. The summed E-state index contributed by atoms with van der Waals surface area (Å²) in [6.45, 7) is 5.77. The molecule has 0 spiro atoms. The molecule has 4 N–H and O–H groups in total. The first-order valence-corrected chi connectivity index (χ1v) is 4.93. The number of hydrogen-bond acceptors (Lipinski definition) is 4. The van der Waals surface area contributed by atoms with Gasteiger partial charge < -0.3 is 15.7 Å². The molecule has 1 amide bonds. The Bertz CT molecular complexity index is 386.